The van der Waals surface area contributed by atoms with E-state index in [1.807, 2.05) is 0 Å². The van der Waals surface area contributed by atoms with Crippen LogP contribution < -0.4 is 19.5 Å². The Kier molecular flexibility index (Phi) is 6.36. The number of carbonyl (C=O) groups is 3. The maximum absolute atomic E-state index is 12.7. The first kappa shape index (κ1) is 21.0. The fraction of sp³-hybridized carbons (Fsp3) is 0.105. The highest BCUT2D eigenvalue weighted by atomic mass is 35.5. The topological polar surface area (TPSA) is 96.0 Å². The smallest absolute Gasteiger partial charge is 0.298 e. The first-order valence-corrected chi connectivity index (χ1v) is 9.61. The molecule has 0 N–H and O–H groups in total. The van der Waals surface area contributed by atoms with Gasteiger partial charge in [-0.25, -0.2) is 4.90 Å². The first-order valence-electron chi connectivity index (χ1n) is 8.04. The third-order valence-electron chi connectivity index (χ3n) is 3.79. The van der Waals surface area contributed by atoms with Crippen LogP contribution in [-0.4, -0.2) is 30.8 Å². The summed E-state index contributed by atoms with van der Waals surface area (Å²) in [6, 6.07) is 9.12. The highest BCUT2D eigenvalue weighted by Crippen LogP contribution is 2.38. The maximum atomic E-state index is 12.7. The fourth-order valence-electron chi connectivity index (χ4n) is 2.50. The Balaban J connectivity index is 1.87. The maximum Gasteiger partial charge on any atom is 0.298 e. The second-order valence-corrected chi connectivity index (χ2v) is 7.49. The number of nitrogens with zero attached hydrogens (tertiary/aromatic N) is 1. The number of anilines is 1. The average Bonchev–Trinajstić information content (AvgIpc) is 2.96. The van der Waals surface area contributed by atoms with E-state index in [0.717, 1.165) is 16.7 Å². The summed E-state index contributed by atoms with van der Waals surface area (Å²) in [6.07, 6.45) is 1.52. The molecule has 0 bridgehead atoms. The predicted octanol–water partition coefficient (Wildman–Crippen LogP) is 3.37. The van der Waals surface area contributed by atoms with Crippen molar-refractivity contribution in [3.05, 3.63) is 56.9 Å². The number of carboxylic acids is 1. The minimum Gasteiger partial charge on any atom is -0.546 e. The molecule has 10 heteroatoms. The van der Waals surface area contributed by atoms with Crippen molar-refractivity contribution in [2.45, 2.75) is 0 Å². The number of ether oxygens (including phenoxy) is 2. The summed E-state index contributed by atoms with van der Waals surface area (Å²) in [5.41, 5.74) is 0.871. The van der Waals surface area contributed by atoms with Gasteiger partial charge < -0.3 is 19.4 Å². The van der Waals surface area contributed by atoms with Gasteiger partial charge in [0.1, 0.15) is 6.61 Å². The lowest BCUT2D eigenvalue weighted by molar-refractivity contribution is -0.307. The van der Waals surface area contributed by atoms with Crippen LogP contribution in [0.25, 0.3) is 6.08 Å². The van der Waals surface area contributed by atoms with Gasteiger partial charge in [0.2, 0.25) is 0 Å². The molecule has 29 heavy (non-hydrogen) atoms. The zero-order chi connectivity index (χ0) is 21.1. The van der Waals surface area contributed by atoms with Crippen LogP contribution in [0.4, 0.5) is 10.5 Å². The zero-order valence-corrected chi connectivity index (χ0v) is 17.1. The van der Waals surface area contributed by atoms with E-state index < -0.39 is 23.7 Å². The number of amides is 2. The van der Waals surface area contributed by atoms with E-state index in [1.54, 1.807) is 12.1 Å². The van der Waals surface area contributed by atoms with Crippen LogP contribution >= 0.6 is 35.0 Å². The molecular weight excluding hydrogens is 441 g/mol. The molecule has 1 aliphatic rings. The number of benzene rings is 2. The zero-order valence-electron chi connectivity index (χ0n) is 14.8. The standard InChI is InChI=1S/C19H13Cl2NO6S/c1-27-15-6-10(2-5-14(15)28-9-17(23)24)7-16-18(25)22(19(26)29-16)11-3-4-12(20)13(21)8-11/h2-8H,9H2,1H3,(H,23,24)/p-1/b16-7+. The molecule has 0 radical (unpaired) electrons. The Morgan fingerprint density at radius 2 is 1.90 bits per heavy atom. The molecule has 7 nitrogen and oxygen atoms in total. The molecule has 0 aliphatic carbocycles. The molecule has 2 aromatic rings. The third kappa shape index (κ3) is 4.67. The number of thioether (sulfide) groups is 1. The first-order chi connectivity index (χ1) is 13.8. The van der Waals surface area contributed by atoms with Gasteiger partial charge >= 0.3 is 0 Å². The van der Waals surface area contributed by atoms with Crippen LogP contribution in [0.3, 0.4) is 0 Å². The monoisotopic (exact) mass is 452 g/mol. The van der Waals surface area contributed by atoms with Gasteiger partial charge in [-0.05, 0) is 53.7 Å². The number of carbonyl (C=O) groups excluding carboxylic acids is 3. The van der Waals surface area contributed by atoms with E-state index in [0.29, 0.717) is 16.3 Å². The highest BCUT2D eigenvalue weighted by Gasteiger charge is 2.36. The van der Waals surface area contributed by atoms with Gasteiger partial charge in [0, 0.05) is 0 Å². The number of hydrogen-bond donors (Lipinski definition) is 0. The quantitative estimate of drug-likeness (QED) is 0.619. The summed E-state index contributed by atoms with van der Waals surface area (Å²) in [5.74, 6) is -1.40. The number of methoxy groups -OCH3 is 1. The van der Waals surface area contributed by atoms with E-state index in [-0.39, 0.29) is 21.4 Å². The molecule has 0 atom stereocenters. The lowest BCUT2D eigenvalue weighted by atomic mass is 10.2. The van der Waals surface area contributed by atoms with Crippen molar-refractivity contribution in [1.29, 1.82) is 0 Å². The Morgan fingerprint density at radius 3 is 2.55 bits per heavy atom. The molecule has 1 aliphatic heterocycles. The van der Waals surface area contributed by atoms with Gasteiger partial charge in [0.15, 0.2) is 11.5 Å². The summed E-state index contributed by atoms with van der Waals surface area (Å²) in [7, 11) is 1.39. The lowest BCUT2D eigenvalue weighted by Gasteiger charge is -2.13. The molecule has 1 fully saturated rings. The molecule has 0 saturated carbocycles. The van der Waals surface area contributed by atoms with Gasteiger partial charge in [-0.15, -0.1) is 0 Å². The van der Waals surface area contributed by atoms with Crippen molar-refractivity contribution < 1.29 is 29.0 Å². The summed E-state index contributed by atoms with van der Waals surface area (Å²) < 4.78 is 10.3. The summed E-state index contributed by atoms with van der Waals surface area (Å²) in [5, 5.41) is 10.6. The van der Waals surface area contributed by atoms with Crippen LogP contribution in [0.2, 0.25) is 10.0 Å². The van der Waals surface area contributed by atoms with Crippen molar-refractivity contribution in [3.8, 4) is 11.5 Å². The number of rotatable bonds is 6. The Labute approximate surface area is 179 Å². The second-order valence-electron chi connectivity index (χ2n) is 5.69. The van der Waals surface area contributed by atoms with Crippen molar-refractivity contribution in [2.75, 3.05) is 18.6 Å². The van der Waals surface area contributed by atoms with Gasteiger partial charge in [-0.2, -0.15) is 0 Å². The van der Waals surface area contributed by atoms with Gasteiger partial charge in [0.05, 0.1) is 33.7 Å². The molecular formula is C19H12Cl2NO6S-. The average molecular weight is 453 g/mol. The SMILES string of the molecule is COc1cc(/C=C2/SC(=O)N(c3ccc(Cl)c(Cl)c3)C2=O)ccc1OCC(=O)[O-]. The van der Waals surface area contributed by atoms with Crippen LogP contribution in [0.15, 0.2) is 41.3 Å². The molecule has 1 saturated heterocycles. The van der Waals surface area contributed by atoms with Crippen molar-refractivity contribution in [3.63, 3.8) is 0 Å². The lowest BCUT2D eigenvalue weighted by Crippen LogP contribution is -2.29. The molecule has 0 spiro atoms. The molecule has 2 aromatic carbocycles. The number of imide groups is 1. The minimum atomic E-state index is -1.37. The molecule has 150 valence electrons. The van der Waals surface area contributed by atoms with Gasteiger partial charge in [0.25, 0.3) is 11.1 Å². The minimum absolute atomic E-state index is 0.200. The van der Waals surface area contributed by atoms with Gasteiger partial charge in [-0.3, -0.25) is 9.59 Å². The highest BCUT2D eigenvalue weighted by molar-refractivity contribution is 8.19. The predicted molar refractivity (Wildman–Crippen MR) is 108 cm³/mol. The summed E-state index contributed by atoms with van der Waals surface area (Å²) >= 11 is 12.6. The normalized spacial score (nSPS) is 15.1. The van der Waals surface area contributed by atoms with E-state index in [4.69, 9.17) is 32.7 Å². The van der Waals surface area contributed by atoms with Crippen LogP contribution in [0.1, 0.15) is 5.56 Å². The van der Waals surface area contributed by atoms with E-state index in [9.17, 15) is 19.5 Å². The number of carboxylic acid groups (broad SMARTS) is 1. The van der Waals surface area contributed by atoms with Crippen LogP contribution in [-0.2, 0) is 9.59 Å². The molecule has 0 aromatic heterocycles. The van der Waals surface area contributed by atoms with Gasteiger partial charge in [-0.1, -0.05) is 29.3 Å². The number of hydrogen-bond acceptors (Lipinski definition) is 7. The van der Waals surface area contributed by atoms with E-state index >= 15 is 0 Å². The Morgan fingerprint density at radius 1 is 1.14 bits per heavy atom. The van der Waals surface area contributed by atoms with Crippen molar-refractivity contribution in [1.82, 2.24) is 0 Å². The fourth-order valence-corrected chi connectivity index (χ4v) is 3.63. The van der Waals surface area contributed by atoms with Crippen molar-refractivity contribution in [2.24, 2.45) is 0 Å². The summed E-state index contributed by atoms with van der Waals surface area (Å²) in [4.78, 5) is 36.8. The molecule has 3 rings (SSSR count). The molecule has 0 unspecified atom stereocenters. The Bertz CT molecular complexity index is 1040. The van der Waals surface area contributed by atoms with Crippen molar-refractivity contribution >= 4 is 63.8 Å². The van der Waals surface area contributed by atoms with Crippen LogP contribution in [0.5, 0.6) is 11.5 Å². The molecule has 2 amide bonds. The number of halogens is 2. The van der Waals surface area contributed by atoms with Crippen LogP contribution in [0, 0.1) is 0 Å². The summed E-state index contributed by atoms with van der Waals surface area (Å²) in [6.45, 7) is -0.627. The Hall–Kier alpha value is -2.68. The largest absolute Gasteiger partial charge is 0.546 e. The van der Waals surface area contributed by atoms with E-state index in [1.165, 1.54) is 37.5 Å². The number of aliphatic carboxylic acids is 1. The second kappa shape index (κ2) is 8.77. The van der Waals surface area contributed by atoms with E-state index in [2.05, 4.69) is 0 Å². The molecule has 1 heterocycles. The third-order valence-corrected chi connectivity index (χ3v) is 5.39.